The van der Waals surface area contributed by atoms with E-state index in [9.17, 15) is 18.0 Å². The van der Waals surface area contributed by atoms with Crippen molar-refractivity contribution in [1.29, 1.82) is 0 Å². The normalized spacial score (nSPS) is 13.7. The number of carbonyl (C=O) groups excluding carboxylic acids is 1. The summed E-state index contributed by atoms with van der Waals surface area (Å²) in [5, 5.41) is 0. The molecule has 2 heterocycles. The van der Waals surface area contributed by atoms with Crippen LogP contribution >= 0.6 is 15.9 Å². The molecule has 0 spiro atoms. The number of nitrogens with zero attached hydrogens (tertiary/aromatic N) is 2. The van der Waals surface area contributed by atoms with Crippen molar-refractivity contribution in [2.75, 3.05) is 16.2 Å². The van der Waals surface area contributed by atoms with Crippen molar-refractivity contribution in [3.05, 3.63) is 50.9 Å². The molecule has 152 valence electrons. The maximum atomic E-state index is 13.0. The highest BCUT2D eigenvalue weighted by molar-refractivity contribution is 9.10. The van der Waals surface area contributed by atoms with E-state index in [1.165, 1.54) is 23.6 Å². The lowest BCUT2D eigenvalue weighted by Crippen LogP contribution is -2.26. The third kappa shape index (κ3) is 3.36. The summed E-state index contributed by atoms with van der Waals surface area (Å²) in [6.45, 7) is 4.25. The molecule has 0 saturated heterocycles. The van der Waals surface area contributed by atoms with Crippen LogP contribution in [0.5, 0.6) is 0 Å². The zero-order chi connectivity index (χ0) is 20.9. The molecule has 3 aromatic rings. The second-order valence-electron chi connectivity index (χ2n) is 6.73. The van der Waals surface area contributed by atoms with E-state index in [4.69, 9.17) is 4.42 Å². The summed E-state index contributed by atoms with van der Waals surface area (Å²) in [5.41, 5.74) is 2.67. The van der Waals surface area contributed by atoms with E-state index < -0.39 is 15.8 Å². The minimum Gasteiger partial charge on any atom is -0.408 e. The van der Waals surface area contributed by atoms with Crippen LogP contribution < -0.4 is 15.4 Å². The molecule has 0 saturated carbocycles. The molecule has 0 atom stereocenters. The van der Waals surface area contributed by atoms with Crippen LogP contribution in [0.4, 0.5) is 11.4 Å². The first-order valence-corrected chi connectivity index (χ1v) is 11.3. The number of hydrogen-bond acceptors (Lipinski definition) is 5. The second kappa shape index (κ2) is 7.03. The molecular weight excluding hydrogens is 462 g/mol. The van der Waals surface area contributed by atoms with Crippen molar-refractivity contribution in [1.82, 2.24) is 4.57 Å². The number of nitrogens with one attached hydrogen (secondary N) is 1. The minimum atomic E-state index is -3.95. The molecule has 1 amide bonds. The van der Waals surface area contributed by atoms with Crippen LogP contribution in [0.3, 0.4) is 0 Å². The van der Waals surface area contributed by atoms with Gasteiger partial charge in [0, 0.05) is 36.2 Å². The Kier molecular flexibility index (Phi) is 4.78. The average Bonchev–Trinajstić information content (AvgIpc) is 3.19. The molecule has 4 rings (SSSR count). The summed E-state index contributed by atoms with van der Waals surface area (Å²) >= 11 is 3.33. The van der Waals surface area contributed by atoms with Crippen molar-refractivity contribution in [2.45, 2.75) is 31.7 Å². The minimum absolute atomic E-state index is 0.0251. The van der Waals surface area contributed by atoms with Gasteiger partial charge in [-0.2, -0.15) is 0 Å². The number of aromatic nitrogens is 1. The summed E-state index contributed by atoms with van der Waals surface area (Å²) in [6.07, 6.45) is 0.672. The number of fused-ring (bicyclic) bond motifs is 2. The molecule has 1 aromatic heterocycles. The molecule has 8 nitrogen and oxygen atoms in total. The van der Waals surface area contributed by atoms with Crippen LogP contribution in [-0.4, -0.2) is 25.4 Å². The quantitative estimate of drug-likeness (QED) is 0.619. The second-order valence-corrected chi connectivity index (χ2v) is 9.24. The van der Waals surface area contributed by atoms with Crippen LogP contribution in [0.25, 0.3) is 11.1 Å². The molecule has 1 N–H and O–H groups in total. The van der Waals surface area contributed by atoms with Crippen LogP contribution in [0.2, 0.25) is 0 Å². The van der Waals surface area contributed by atoms with Crippen LogP contribution in [0.15, 0.2) is 48.9 Å². The molecule has 10 heteroatoms. The molecule has 0 radical (unpaired) electrons. The van der Waals surface area contributed by atoms with E-state index >= 15 is 0 Å². The standard InChI is InChI=1S/C19H18BrN3O5S/c1-3-22-15-5-4-13(9-17(15)28-19(22)25)21-29(26,27)18-10-16-12(8-14(18)20)6-7-23(16)11(2)24/h4-5,8-10,21H,3,6-7H2,1-2H3. The van der Waals surface area contributed by atoms with Gasteiger partial charge in [0.15, 0.2) is 5.58 Å². The molecule has 0 bridgehead atoms. The highest BCUT2D eigenvalue weighted by Gasteiger charge is 2.27. The van der Waals surface area contributed by atoms with Gasteiger partial charge in [-0.25, -0.2) is 13.2 Å². The first-order valence-electron chi connectivity index (χ1n) is 8.98. The molecule has 29 heavy (non-hydrogen) atoms. The Labute approximate surface area is 175 Å². The number of halogens is 1. The molecule has 1 aliphatic heterocycles. The van der Waals surface area contributed by atoms with E-state index in [0.717, 1.165) is 5.56 Å². The van der Waals surface area contributed by atoms with Gasteiger partial charge in [-0.1, -0.05) is 0 Å². The van der Waals surface area contributed by atoms with E-state index in [-0.39, 0.29) is 16.5 Å². The maximum Gasteiger partial charge on any atom is 0.419 e. The number of oxazole rings is 1. The lowest BCUT2D eigenvalue weighted by atomic mass is 10.2. The Bertz CT molecular complexity index is 1310. The molecule has 0 aliphatic carbocycles. The molecule has 1 aliphatic rings. The average molecular weight is 480 g/mol. The molecule has 0 unspecified atom stereocenters. The number of amides is 1. The van der Waals surface area contributed by atoms with Crippen LogP contribution in [0.1, 0.15) is 19.4 Å². The fourth-order valence-corrected chi connectivity index (χ4v) is 5.72. The summed E-state index contributed by atoms with van der Waals surface area (Å²) in [6, 6.07) is 7.92. The summed E-state index contributed by atoms with van der Waals surface area (Å²) in [5.74, 6) is -0.628. The van der Waals surface area contributed by atoms with Gasteiger partial charge in [0.1, 0.15) is 4.90 Å². The highest BCUT2D eigenvalue weighted by atomic mass is 79.9. The Balaban J connectivity index is 1.73. The zero-order valence-electron chi connectivity index (χ0n) is 15.7. The van der Waals surface area contributed by atoms with Crippen LogP contribution in [0, 0.1) is 0 Å². The number of aryl methyl sites for hydroxylation is 1. The van der Waals surface area contributed by atoms with Gasteiger partial charge in [0.25, 0.3) is 10.0 Å². The number of rotatable bonds is 4. The van der Waals surface area contributed by atoms with Crippen molar-refractivity contribution in [2.24, 2.45) is 0 Å². The van der Waals surface area contributed by atoms with Gasteiger partial charge < -0.3 is 9.32 Å². The van der Waals surface area contributed by atoms with Gasteiger partial charge >= 0.3 is 5.76 Å². The number of hydrogen-bond donors (Lipinski definition) is 1. The van der Waals surface area contributed by atoms with Gasteiger partial charge in [-0.3, -0.25) is 14.1 Å². The van der Waals surface area contributed by atoms with Crippen molar-refractivity contribution < 1.29 is 17.6 Å². The van der Waals surface area contributed by atoms with E-state index in [1.54, 1.807) is 23.1 Å². The lowest BCUT2D eigenvalue weighted by Gasteiger charge is -2.17. The van der Waals surface area contributed by atoms with Crippen LogP contribution in [-0.2, 0) is 27.8 Å². The lowest BCUT2D eigenvalue weighted by molar-refractivity contribution is -0.116. The SMILES string of the molecule is CCn1c(=O)oc2cc(NS(=O)(=O)c3cc4c(cc3Br)CCN4C(C)=O)ccc21. The Morgan fingerprint density at radius 1 is 1.28 bits per heavy atom. The van der Waals surface area contributed by atoms with Crippen molar-refractivity contribution in [3.63, 3.8) is 0 Å². The van der Waals surface area contributed by atoms with Gasteiger partial charge in [-0.15, -0.1) is 0 Å². The first kappa shape index (κ1) is 19.7. The Hall–Kier alpha value is -2.59. The van der Waals surface area contributed by atoms with Gasteiger partial charge in [0.2, 0.25) is 5.91 Å². The Morgan fingerprint density at radius 2 is 2.03 bits per heavy atom. The number of anilines is 2. The molecule has 2 aromatic carbocycles. The number of benzene rings is 2. The summed E-state index contributed by atoms with van der Waals surface area (Å²) in [4.78, 5) is 25.3. The first-order chi connectivity index (χ1) is 13.7. The van der Waals surface area contributed by atoms with E-state index in [0.29, 0.717) is 40.8 Å². The largest absolute Gasteiger partial charge is 0.419 e. The monoisotopic (exact) mass is 479 g/mol. The van der Waals surface area contributed by atoms with Gasteiger partial charge in [0.05, 0.1) is 11.2 Å². The number of carbonyl (C=O) groups is 1. The topological polar surface area (TPSA) is 102 Å². The molecule has 0 fully saturated rings. The van der Waals surface area contributed by atoms with Gasteiger partial charge in [-0.05, 0) is 59.1 Å². The highest BCUT2D eigenvalue weighted by Crippen LogP contribution is 2.36. The smallest absolute Gasteiger partial charge is 0.408 e. The predicted octanol–water partition coefficient (Wildman–Crippen LogP) is 3.09. The van der Waals surface area contributed by atoms with E-state index in [1.807, 2.05) is 6.92 Å². The Morgan fingerprint density at radius 3 is 2.72 bits per heavy atom. The third-order valence-electron chi connectivity index (χ3n) is 4.94. The fourth-order valence-electron chi connectivity index (χ4n) is 3.56. The zero-order valence-corrected chi connectivity index (χ0v) is 18.1. The van der Waals surface area contributed by atoms with E-state index in [2.05, 4.69) is 20.7 Å². The number of sulfonamides is 1. The van der Waals surface area contributed by atoms with Crippen molar-refractivity contribution in [3.8, 4) is 0 Å². The predicted molar refractivity (Wildman–Crippen MR) is 113 cm³/mol. The summed E-state index contributed by atoms with van der Waals surface area (Å²) in [7, 11) is -3.95. The molecular formula is C19H18BrN3O5S. The summed E-state index contributed by atoms with van der Waals surface area (Å²) < 4.78 is 35.6. The van der Waals surface area contributed by atoms with Crippen molar-refractivity contribution >= 4 is 54.3 Å². The third-order valence-corrected chi connectivity index (χ3v) is 7.27. The fraction of sp³-hybridized carbons (Fsp3) is 0.263. The maximum absolute atomic E-state index is 13.0.